The average Bonchev–Trinajstić information content (AvgIpc) is 2.62. The second-order valence-electron chi connectivity index (χ2n) is 6.76. The van der Waals surface area contributed by atoms with Crippen LogP contribution in [0.3, 0.4) is 0 Å². The lowest BCUT2D eigenvalue weighted by Gasteiger charge is -2.29. The zero-order chi connectivity index (χ0) is 19.6. The van der Waals surface area contributed by atoms with E-state index in [1.54, 1.807) is 25.1 Å². The number of carbonyl (C=O) groups is 2. The number of aromatic carboxylic acids is 1. The van der Waals surface area contributed by atoms with Gasteiger partial charge in [-0.1, -0.05) is 6.07 Å². The molecule has 0 aliphatic heterocycles. The number of nitrogen functional groups attached to an aromatic ring is 1. The van der Waals surface area contributed by atoms with Crippen molar-refractivity contribution in [3.8, 4) is 5.75 Å². The van der Waals surface area contributed by atoms with Crippen molar-refractivity contribution in [2.24, 2.45) is 0 Å². The zero-order valence-corrected chi connectivity index (χ0v) is 15.1. The molecule has 0 unspecified atom stereocenters. The normalized spacial score (nSPS) is 19.6. The molecule has 8 heteroatoms. The molecule has 1 fully saturated rings. The summed E-state index contributed by atoms with van der Waals surface area (Å²) in [5, 5.41) is 21.5. The fraction of sp³-hybridized carbons (Fsp3) is 0.421. The molecule has 0 saturated heterocycles. The summed E-state index contributed by atoms with van der Waals surface area (Å²) >= 11 is 0. The Morgan fingerprint density at radius 2 is 2.00 bits per heavy atom. The Morgan fingerprint density at radius 1 is 1.30 bits per heavy atom. The number of nitrogens with one attached hydrogen (secondary N) is 1. The molecule has 0 spiro atoms. The molecule has 1 aromatic heterocycles. The fourth-order valence-corrected chi connectivity index (χ4v) is 3.59. The molecular weight excluding hydrogens is 350 g/mol. The molecule has 3 rings (SSSR count). The van der Waals surface area contributed by atoms with Gasteiger partial charge in [-0.25, -0.2) is 4.79 Å². The quantitative estimate of drug-likeness (QED) is 0.625. The largest absolute Gasteiger partial charge is 0.490 e. The first-order valence-corrected chi connectivity index (χ1v) is 8.89. The Balaban J connectivity index is 1.81. The highest BCUT2D eigenvalue weighted by molar-refractivity contribution is 6.06. The van der Waals surface area contributed by atoms with Crippen LogP contribution in [0.5, 0.6) is 5.75 Å². The van der Waals surface area contributed by atoms with E-state index in [2.05, 4.69) is 10.3 Å². The van der Waals surface area contributed by atoms with Gasteiger partial charge < -0.3 is 26.0 Å². The molecule has 1 heterocycles. The first-order chi connectivity index (χ1) is 12.9. The number of carboxylic acid groups (broad SMARTS) is 1. The van der Waals surface area contributed by atoms with Crippen molar-refractivity contribution >= 4 is 28.5 Å². The van der Waals surface area contributed by atoms with E-state index in [4.69, 9.17) is 15.6 Å². The van der Waals surface area contributed by atoms with Gasteiger partial charge >= 0.3 is 5.97 Å². The first kappa shape index (κ1) is 18.9. The number of carbonyl (C=O) groups excluding carboxylic acids is 1. The van der Waals surface area contributed by atoms with Crippen LogP contribution in [0.1, 0.15) is 41.7 Å². The van der Waals surface area contributed by atoms with Gasteiger partial charge in [-0.2, -0.15) is 0 Å². The third-order valence-electron chi connectivity index (χ3n) is 4.88. The maximum atomic E-state index is 11.5. The van der Waals surface area contributed by atoms with Gasteiger partial charge in [0.1, 0.15) is 17.9 Å². The fourth-order valence-electron chi connectivity index (χ4n) is 3.59. The number of fused-ring (bicyclic) bond motifs is 1. The molecule has 1 aliphatic rings. The molecule has 1 amide bonds. The van der Waals surface area contributed by atoms with Crippen LogP contribution in [-0.4, -0.2) is 45.8 Å². The summed E-state index contributed by atoms with van der Waals surface area (Å²) in [5.74, 6) is -0.971. The minimum atomic E-state index is -1.12. The summed E-state index contributed by atoms with van der Waals surface area (Å²) < 4.78 is 6.13. The predicted octanol–water partition coefficient (Wildman–Crippen LogP) is 1.62. The van der Waals surface area contributed by atoms with Gasteiger partial charge in [0.25, 0.3) is 0 Å². The molecule has 2 aromatic rings. The summed E-state index contributed by atoms with van der Waals surface area (Å²) in [4.78, 5) is 27.2. The Morgan fingerprint density at radius 3 is 2.63 bits per heavy atom. The number of rotatable bonds is 5. The number of ether oxygens (including phenoxy) is 1. The highest BCUT2D eigenvalue weighted by atomic mass is 16.5. The van der Waals surface area contributed by atoms with Gasteiger partial charge in [0.15, 0.2) is 0 Å². The standard InChI is InChI=1S/C19H23N3O5/c1-10-16(19(25)26)18(20)17-13(21-10)3-2-4-14(17)27-12-7-5-11(6-8-12)22-15(24)9-23/h2-4,11-12,23H,5-9H2,1H3,(H2,20,21)(H,22,24)(H,25,26). The number of anilines is 1. The topological polar surface area (TPSA) is 135 Å². The number of benzene rings is 1. The van der Waals surface area contributed by atoms with Crippen LogP contribution in [0.15, 0.2) is 18.2 Å². The monoisotopic (exact) mass is 373 g/mol. The van der Waals surface area contributed by atoms with Gasteiger partial charge in [-0.05, 0) is 44.7 Å². The minimum absolute atomic E-state index is 0.00558. The maximum absolute atomic E-state index is 11.5. The number of aliphatic hydroxyl groups is 1. The number of hydrogen-bond acceptors (Lipinski definition) is 6. The molecule has 5 N–H and O–H groups in total. The van der Waals surface area contributed by atoms with E-state index in [-0.39, 0.29) is 29.3 Å². The van der Waals surface area contributed by atoms with Crippen molar-refractivity contribution in [1.29, 1.82) is 0 Å². The Kier molecular flexibility index (Phi) is 5.46. The number of aliphatic hydroxyl groups excluding tert-OH is 1. The summed E-state index contributed by atoms with van der Waals surface area (Å²) in [6.07, 6.45) is 2.89. The predicted molar refractivity (Wildman–Crippen MR) is 99.8 cm³/mol. The van der Waals surface area contributed by atoms with Crippen molar-refractivity contribution in [3.05, 3.63) is 29.5 Å². The van der Waals surface area contributed by atoms with E-state index < -0.39 is 12.6 Å². The van der Waals surface area contributed by atoms with Crippen molar-refractivity contribution in [2.75, 3.05) is 12.3 Å². The molecular formula is C19H23N3O5. The molecule has 1 aromatic carbocycles. The number of amides is 1. The number of aryl methyl sites for hydroxylation is 1. The molecule has 0 bridgehead atoms. The van der Waals surface area contributed by atoms with Crippen LogP contribution in [0.25, 0.3) is 10.9 Å². The second-order valence-corrected chi connectivity index (χ2v) is 6.76. The highest BCUT2D eigenvalue weighted by Gasteiger charge is 2.25. The number of aromatic nitrogens is 1. The third-order valence-corrected chi connectivity index (χ3v) is 4.88. The van der Waals surface area contributed by atoms with Crippen LogP contribution >= 0.6 is 0 Å². The molecule has 0 radical (unpaired) electrons. The van der Waals surface area contributed by atoms with Crippen LogP contribution < -0.4 is 15.8 Å². The Bertz CT molecular complexity index is 875. The molecule has 1 saturated carbocycles. The summed E-state index contributed by atoms with van der Waals surface area (Å²) in [5.41, 5.74) is 7.26. The first-order valence-electron chi connectivity index (χ1n) is 8.89. The SMILES string of the molecule is Cc1nc2cccc(OC3CCC(NC(=O)CO)CC3)c2c(N)c1C(=O)O. The van der Waals surface area contributed by atoms with Gasteiger partial charge in [0, 0.05) is 6.04 Å². The van der Waals surface area contributed by atoms with Crippen LogP contribution in [0.4, 0.5) is 5.69 Å². The Hall–Kier alpha value is -2.87. The number of nitrogens with zero attached hydrogens (tertiary/aromatic N) is 1. The lowest BCUT2D eigenvalue weighted by Crippen LogP contribution is -2.40. The summed E-state index contributed by atoms with van der Waals surface area (Å²) in [6.45, 7) is 1.11. The second kappa shape index (κ2) is 7.79. The smallest absolute Gasteiger partial charge is 0.339 e. The average molecular weight is 373 g/mol. The van der Waals surface area contributed by atoms with Crippen LogP contribution in [0.2, 0.25) is 0 Å². The van der Waals surface area contributed by atoms with E-state index >= 15 is 0 Å². The number of pyridine rings is 1. The van der Waals surface area contributed by atoms with Crippen molar-refractivity contribution < 1.29 is 24.5 Å². The lowest BCUT2D eigenvalue weighted by atomic mass is 9.93. The summed E-state index contributed by atoms with van der Waals surface area (Å²) in [6, 6.07) is 5.38. The number of hydrogen-bond donors (Lipinski definition) is 4. The van der Waals surface area contributed by atoms with Gasteiger partial charge in [0.05, 0.1) is 28.4 Å². The van der Waals surface area contributed by atoms with Crippen LogP contribution in [-0.2, 0) is 4.79 Å². The van der Waals surface area contributed by atoms with Crippen molar-refractivity contribution in [3.63, 3.8) is 0 Å². The van der Waals surface area contributed by atoms with Gasteiger partial charge in [-0.3, -0.25) is 9.78 Å². The van der Waals surface area contributed by atoms with E-state index in [1.807, 2.05) is 0 Å². The van der Waals surface area contributed by atoms with Crippen molar-refractivity contribution in [2.45, 2.75) is 44.8 Å². The van der Waals surface area contributed by atoms with Gasteiger partial charge in [-0.15, -0.1) is 0 Å². The molecule has 144 valence electrons. The summed E-state index contributed by atoms with van der Waals surface area (Å²) in [7, 11) is 0. The minimum Gasteiger partial charge on any atom is -0.490 e. The van der Waals surface area contributed by atoms with E-state index in [0.29, 0.717) is 22.3 Å². The molecule has 0 atom stereocenters. The van der Waals surface area contributed by atoms with Crippen molar-refractivity contribution in [1.82, 2.24) is 10.3 Å². The number of carboxylic acids is 1. The van der Waals surface area contributed by atoms with E-state index in [9.17, 15) is 14.7 Å². The maximum Gasteiger partial charge on any atom is 0.339 e. The third kappa shape index (κ3) is 3.95. The molecule has 27 heavy (non-hydrogen) atoms. The highest BCUT2D eigenvalue weighted by Crippen LogP contribution is 2.35. The molecule has 1 aliphatic carbocycles. The van der Waals surface area contributed by atoms with E-state index in [1.165, 1.54) is 0 Å². The Labute approximate surface area is 156 Å². The van der Waals surface area contributed by atoms with Crippen LogP contribution in [0, 0.1) is 6.92 Å². The van der Waals surface area contributed by atoms with E-state index in [0.717, 1.165) is 25.7 Å². The van der Waals surface area contributed by atoms with Gasteiger partial charge in [0.2, 0.25) is 5.91 Å². The number of nitrogens with two attached hydrogens (primary N) is 1. The zero-order valence-electron chi connectivity index (χ0n) is 15.1. The lowest BCUT2D eigenvalue weighted by molar-refractivity contribution is -0.124. The molecule has 8 nitrogen and oxygen atoms in total.